The van der Waals surface area contributed by atoms with Gasteiger partial charge in [0.25, 0.3) is 0 Å². The van der Waals surface area contributed by atoms with Gasteiger partial charge < -0.3 is 28.4 Å². The van der Waals surface area contributed by atoms with Crippen LogP contribution in [0, 0.1) is 6.92 Å². The molecule has 0 spiro atoms. The molecule has 0 amide bonds. The van der Waals surface area contributed by atoms with Crippen LogP contribution in [0.5, 0.6) is 17.2 Å². The highest BCUT2D eigenvalue weighted by Crippen LogP contribution is 2.24. The number of rotatable bonds is 20. The number of hydrogen-bond acceptors (Lipinski definition) is 9. The van der Waals surface area contributed by atoms with Gasteiger partial charge in [0, 0.05) is 18.3 Å². The Balaban J connectivity index is 1.62. The first-order chi connectivity index (χ1) is 20.7. The molecular weight excluding hydrogens is 552 g/mol. The van der Waals surface area contributed by atoms with Gasteiger partial charge >= 0.3 is 17.9 Å². The zero-order valence-electron chi connectivity index (χ0n) is 25.4. The predicted octanol–water partition coefficient (Wildman–Crippen LogP) is 6.19. The lowest BCUT2D eigenvalue weighted by molar-refractivity contribution is -0.140. The molecule has 0 aromatic heterocycles. The van der Waals surface area contributed by atoms with Gasteiger partial charge in [-0.05, 0) is 86.2 Å². The molecule has 0 aliphatic carbocycles. The summed E-state index contributed by atoms with van der Waals surface area (Å²) in [6.07, 6.45) is 7.05. The Bertz CT molecular complexity index is 1250. The number of esters is 3. The highest BCUT2D eigenvalue weighted by atomic mass is 16.6. The van der Waals surface area contributed by atoms with Gasteiger partial charge in [0.15, 0.2) is 0 Å². The van der Waals surface area contributed by atoms with Crippen molar-refractivity contribution in [2.45, 2.75) is 46.0 Å². The molecule has 0 saturated carbocycles. The number of hydrogen-bond donors (Lipinski definition) is 0. The maximum absolute atomic E-state index is 12.3. The number of carbonyl (C=O) groups is 3. The van der Waals surface area contributed by atoms with E-state index in [1.807, 2.05) is 6.92 Å². The summed E-state index contributed by atoms with van der Waals surface area (Å²) in [7, 11) is 1.35. The summed E-state index contributed by atoms with van der Waals surface area (Å²) in [4.78, 5) is 34.8. The molecular formula is C34H42O9. The second-order valence-electron chi connectivity index (χ2n) is 9.83. The van der Waals surface area contributed by atoms with E-state index in [4.69, 9.17) is 23.7 Å². The summed E-state index contributed by atoms with van der Waals surface area (Å²) in [6.45, 7) is 12.7. The minimum Gasteiger partial charge on any atom is -0.493 e. The van der Waals surface area contributed by atoms with E-state index in [1.165, 1.54) is 13.2 Å². The van der Waals surface area contributed by atoms with E-state index in [2.05, 4.69) is 17.9 Å². The molecule has 0 unspecified atom stereocenters. The first-order valence-corrected chi connectivity index (χ1v) is 14.2. The molecule has 2 rings (SSSR count). The molecule has 0 bridgehead atoms. The van der Waals surface area contributed by atoms with Crippen LogP contribution in [-0.2, 0) is 28.6 Å². The van der Waals surface area contributed by atoms with Gasteiger partial charge in [-0.15, -0.1) is 0 Å². The van der Waals surface area contributed by atoms with Crippen molar-refractivity contribution in [1.29, 1.82) is 0 Å². The van der Waals surface area contributed by atoms with Crippen molar-refractivity contribution in [3.63, 3.8) is 0 Å². The zero-order valence-corrected chi connectivity index (χ0v) is 25.4. The molecule has 2 aromatic carbocycles. The molecule has 0 N–H and O–H groups in total. The van der Waals surface area contributed by atoms with Crippen LogP contribution in [0.2, 0.25) is 0 Å². The first kappa shape index (κ1) is 34.8. The Hall–Kier alpha value is -4.37. The topological polar surface area (TPSA) is 107 Å². The Morgan fingerprint density at radius 2 is 1.53 bits per heavy atom. The van der Waals surface area contributed by atoms with Gasteiger partial charge in [-0.2, -0.15) is 0 Å². The fourth-order valence-electron chi connectivity index (χ4n) is 3.64. The lowest BCUT2D eigenvalue weighted by atomic mass is 10.2. The van der Waals surface area contributed by atoms with E-state index in [1.54, 1.807) is 55.5 Å². The number of ether oxygens (including phenoxy) is 6. The Kier molecular flexibility index (Phi) is 16.0. The molecule has 2 aromatic rings. The van der Waals surface area contributed by atoms with E-state index in [0.717, 1.165) is 42.6 Å². The van der Waals surface area contributed by atoms with Crippen LogP contribution in [0.25, 0.3) is 6.08 Å². The lowest BCUT2D eigenvalue weighted by Crippen LogP contribution is -2.12. The molecule has 0 atom stereocenters. The summed E-state index contributed by atoms with van der Waals surface area (Å²) in [6, 6.07) is 12.4. The number of benzene rings is 2. The first-order valence-electron chi connectivity index (χ1n) is 14.2. The average molecular weight is 595 g/mol. The van der Waals surface area contributed by atoms with Crippen LogP contribution in [-0.4, -0.2) is 58.1 Å². The predicted molar refractivity (Wildman–Crippen MR) is 164 cm³/mol. The van der Waals surface area contributed by atoms with Crippen LogP contribution in [0.15, 0.2) is 72.8 Å². The van der Waals surface area contributed by atoms with Crippen LogP contribution in [0.3, 0.4) is 0 Å². The highest BCUT2D eigenvalue weighted by molar-refractivity contribution is 5.88. The molecule has 0 aliphatic heterocycles. The van der Waals surface area contributed by atoms with Crippen molar-refractivity contribution in [1.82, 2.24) is 0 Å². The summed E-state index contributed by atoms with van der Waals surface area (Å²) in [5.74, 6) is 0.549. The third-order valence-electron chi connectivity index (χ3n) is 5.96. The van der Waals surface area contributed by atoms with Crippen LogP contribution < -0.4 is 14.2 Å². The van der Waals surface area contributed by atoms with Crippen molar-refractivity contribution >= 4 is 24.0 Å². The van der Waals surface area contributed by atoms with E-state index >= 15 is 0 Å². The SMILES string of the molecule is C=C(COCCCCCCOc1ccc(OC(=O)/C=C/c2ccc(OCCOC(=O)C(=C)C)cc2)cc1C)CC(=O)OC. The minimum atomic E-state index is -0.496. The Morgan fingerprint density at radius 1 is 0.837 bits per heavy atom. The summed E-state index contributed by atoms with van der Waals surface area (Å²) in [5.41, 5.74) is 2.72. The quantitative estimate of drug-likeness (QED) is 0.0583. The van der Waals surface area contributed by atoms with Crippen molar-refractivity contribution < 1.29 is 42.8 Å². The molecule has 9 heteroatoms. The average Bonchev–Trinajstić information content (AvgIpc) is 2.98. The third kappa shape index (κ3) is 14.9. The van der Waals surface area contributed by atoms with Crippen molar-refractivity contribution in [3.05, 3.63) is 84.0 Å². The summed E-state index contributed by atoms with van der Waals surface area (Å²) >= 11 is 0. The molecule has 0 aliphatic rings. The van der Waals surface area contributed by atoms with Gasteiger partial charge in [-0.3, -0.25) is 4.79 Å². The zero-order chi connectivity index (χ0) is 31.5. The van der Waals surface area contributed by atoms with E-state index in [9.17, 15) is 14.4 Å². The van der Waals surface area contributed by atoms with E-state index < -0.39 is 11.9 Å². The Labute approximate surface area is 254 Å². The maximum atomic E-state index is 12.3. The van der Waals surface area contributed by atoms with Crippen molar-refractivity contribution in [2.24, 2.45) is 0 Å². The summed E-state index contributed by atoms with van der Waals surface area (Å²) in [5, 5.41) is 0. The smallest absolute Gasteiger partial charge is 0.336 e. The fourth-order valence-corrected chi connectivity index (χ4v) is 3.64. The van der Waals surface area contributed by atoms with E-state index in [0.29, 0.717) is 42.5 Å². The van der Waals surface area contributed by atoms with E-state index in [-0.39, 0.29) is 25.6 Å². The largest absolute Gasteiger partial charge is 0.493 e. The normalized spacial score (nSPS) is 10.7. The van der Waals surface area contributed by atoms with Crippen molar-refractivity contribution in [2.75, 3.05) is 40.1 Å². The van der Waals surface area contributed by atoms with Gasteiger partial charge in [0.1, 0.15) is 30.5 Å². The third-order valence-corrected chi connectivity index (χ3v) is 5.96. The van der Waals surface area contributed by atoms with Gasteiger partial charge in [0.2, 0.25) is 0 Å². The molecule has 0 saturated heterocycles. The Morgan fingerprint density at radius 3 is 2.21 bits per heavy atom. The highest BCUT2D eigenvalue weighted by Gasteiger charge is 2.07. The minimum absolute atomic E-state index is 0.128. The van der Waals surface area contributed by atoms with Crippen LogP contribution in [0.1, 0.15) is 50.2 Å². The molecule has 0 heterocycles. The number of methoxy groups -OCH3 is 1. The second-order valence-corrected chi connectivity index (χ2v) is 9.83. The summed E-state index contributed by atoms with van der Waals surface area (Å²) < 4.78 is 32.0. The molecule has 43 heavy (non-hydrogen) atoms. The van der Waals surface area contributed by atoms with Gasteiger partial charge in [-0.1, -0.05) is 31.7 Å². The van der Waals surface area contributed by atoms with Gasteiger partial charge in [-0.25, -0.2) is 9.59 Å². The number of unbranched alkanes of at least 4 members (excludes halogenated alkanes) is 3. The maximum Gasteiger partial charge on any atom is 0.336 e. The lowest BCUT2D eigenvalue weighted by Gasteiger charge is -2.11. The fraction of sp³-hybridized carbons (Fsp3) is 0.382. The molecule has 0 fully saturated rings. The number of carbonyl (C=O) groups excluding carboxylic acids is 3. The monoisotopic (exact) mass is 594 g/mol. The molecule has 232 valence electrons. The van der Waals surface area contributed by atoms with Gasteiger partial charge in [0.05, 0.1) is 26.7 Å². The molecule has 0 radical (unpaired) electrons. The van der Waals surface area contributed by atoms with Crippen LogP contribution >= 0.6 is 0 Å². The van der Waals surface area contributed by atoms with Crippen LogP contribution in [0.4, 0.5) is 0 Å². The molecule has 9 nitrogen and oxygen atoms in total. The van der Waals surface area contributed by atoms with Crippen molar-refractivity contribution in [3.8, 4) is 17.2 Å². The number of aryl methyl sites for hydroxylation is 1. The second kappa shape index (κ2) is 19.7. The standard InChI is InChI=1S/C34H42O9/c1-25(2)34(37)42-21-20-40-29-13-10-28(11-14-29)12-17-32(35)43-30-15-16-31(27(4)23-30)41-19-9-7-6-8-18-39-24-26(3)22-33(36)38-5/h10-17,23H,1,3,6-9,18-22,24H2,2,4-5H3/b17-12+.